The first-order valence-electron chi connectivity index (χ1n) is 36.2. The summed E-state index contributed by atoms with van der Waals surface area (Å²) in [6.45, 7) is 86.9. The zero-order valence-corrected chi connectivity index (χ0v) is 62.0. The third-order valence-corrected chi connectivity index (χ3v) is 19.6. The summed E-state index contributed by atoms with van der Waals surface area (Å²) in [6, 6.07) is 9.21. The van der Waals surface area contributed by atoms with Crippen LogP contribution in [0.15, 0.2) is 0 Å². The lowest BCUT2D eigenvalue weighted by molar-refractivity contribution is 0.0226. The Bertz CT molecular complexity index is 1340. The van der Waals surface area contributed by atoms with Gasteiger partial charge in [-0.05, 0) is 251 Å². The highest BCUT2D eigenvalue weighted by Gasteiger charge is 2.33. The molecular weight excluding hydrogens is 1020 g/mol. The fourth-order valence-electron chi connectivity index (χ4n) is 14.1. The van der Waals surface area contributed by atoms with Crippen LogP contribution in [0.3, 0.4) is 0 Å². The fraction of sp³-hybridized carbons (Fsp3) is 1.00. The molecule has 0 radical (unpaired) electrons. The zero-order valence-electron chi connectivity index (χ0n) is 62.0. The lowest BCUT2D eigenvalue weighted by Gasteiger charge is -2.46. The molecule has 10 nitrogen and oxygen atoms in total. The first kappa shape index (κ1) is 80.6. The van der Waals surface area contributed by atoms with E-state index in [9.17, 15) is 0 Å². The summed E-state index contributed by atoms with van der Waals surface area (Å²) >= 11 is 0. The minimum Gasteiger partial charge on any atom is -0.301 e. The molecule has 5 aliphatic rings. The minimum absolute atomic E-state index is 0.685. The second-order valence-electron chi connectivity index (χ2n) is 31.6. The van der Waals surface area contributed by atoms with E-state index in [1.165, 1.54) is 175 Å². The molecule has 5 saturated heterocycles. The van der Waals surface area contributed by atoms with E-state index in [4.69, 9.17) is 0 Å². The van der Waals surface area contributed by atoms with E-state index in [2.05, 4.69) is 243 Å². The standard InChI is InChI=1S/4C15H32N2.C13H28N2/c4*1-12(2)8-7-9-16-10-15(6)17(13(3)4)11-14(16)5;1-12(2)6-5-7-14-8-10-15(11-9-14)13(3)4/h4*12-15H,7-11H2,1-6H3;12-13H,5-11H2,1-4H3/t2*14-,15+;2*14-,15-;/m1010./s1. The summed E-state index contributed by atoms with van der Waals surface area (Å²) in [7, 11) is 0. The van der Waals surface area contributed by atoms with Crippen LogP contribution in [-0.4, -0.2) is 239 Å². The van der Waals surface area contributed by atoms with Gasteiger partial charge in [0.05, 0.1) is 0 Å². The smallest absolute Gasteiger partial charge is 0.0198 e. The van der Waals surface area contributed by atoms with Crippen LogP contribution in [0.5, 0.6) is 0 Å². The zero-order chi connectivity index (χ0) is 63.3. The van der Waals surface area contributed by atoms with Crippen molar-refractivity contribution in [3.8, 4) is 0 Å². The molecule has 0 N–H and O–H groups in total. The van der Waals surface area contributed by atoms with E-state index in [1.54, 1.807) is 0 Å². The average Bonchev–Trinajstić information content (AvgIpc) is 3.50. The third-order valence-electron chi connectivity index (χ3n) is 19.6. The molecule has 0 bridgehead atoms. The molecule has 0 aromatic rings. The van der Waals surface area contributed by atoms with Crippen LogP contribution in [0.1, 0.15) is 258 Å². The van der Waals surface area contributed by atoms with Crippen molar-refractivity contribution >= 4 is 0 Å². The van der Waals surface area contributed by atoms with Gasteiger partial charge in [0.2, 0.25) is 0 Å². The van der Waals surface area contributed by atoms with Gasteiger partial charge in [-0.25, -0.2) is 0 Å². The minimum atomic E-state index is 0.685. The summed E-state index contributed by atoms with van der Waals surface area (Å²) in [6.07, 6.45) is 13.7. The predicted molar refractivity (Wildman–Crippen MR) is 373 cm³/mol. The van der Waals surface area contributed by atoms with Gasteiger partial charge in [-0.2, -0.15) is 0 Å². The molecule has 0 saturated carbocycles. The normalized spacial score (nSPS) is 26.8. The van der Waals surface area contributed by atoms with Crippen LogP contribution < -0.4 is 0 Å². The Morgan fingerprint density at radius 2 is 0.446 bits per heavy atom. The summed E-state index contributed by atoms with van der Waals surface area (Å²) < 4.78 is 0. The first-order chi connectivity index (χ1) is 38.7. The van der Waals surface area contributed by atoms with Crippen LogP contribution in [-0.2, 0) is 0 Å². The van der Waals surface area contributed by atoms with E-state index in [-0.39, 0.29) is 0 Å². The third kappa shape index (κ3) is 33.8. The quantitative estimate of drug-likeness (QED) is 0.0882. The maximum atomic E-state index is 2.69. The summed E-state index contributed by atoms with van der Waals surface area (Å²) in [4.78, 5) is 26.5. The Morgan fingerprint density at radius 3 is 0.627 bits per heavy atom. The maximum absolute atomic E-state index is 2.69. The molecule has 498 valence electrons. The second kappa shape index (κ2) is 43.3. The number of hydrogen-bond acceptors (Lipinski definition) is 10. The van der Waals surface area contributed by atoms with Crippen molar-refractivity contribution < 1.29 is 0 Å². The molecule has 0 unspecified atom stereocenters. The number of piperazine rings is 5. The Morgan fingerprint density at radius 1 is 0.241 bits per heavy atom. The molecule has 10 heteroatoms. The predicted octanol–water partition coefficient (Wildman–Crippen LogP) is 15.4. The molecule has 0 spiro atoms. The molecule has 5 aliphatic heterocycles. The molecule has 0 aromatic carbocycles. The van der Waals surface area contributed by atoms with Crippen molar-refractivity contribution in [3.63, 3.8) is 0 Å². The van der Waals surface area contributed by atoms with Crippen LogP contribution >= 0.6 is 0 Å². The lowest BCUT2D eigenvalue weighted by atomic mass is 10.0. The molecule has 8 atom stereocenters. The highest BCUT2D eigenvalue weighted by atomic mass is 15.3. The Balaban J connectivity index is 0.000000519. The Hall–Kier alpha value is -0.400. The topological polar surface area (TPSA) is 32.4 Å². The maximum Gasteiger partial charge on any atom is 0.0198 e. The van der Waals surface area contributed by atoms with Crippen LogP contribution in [0, 0.1) is 29.6 Å². The molecule has 0 aromatic heterocycles. The van der Waals surface area contributed by atoms with Gasteiger partial charge in [-0.1, -0.05) is 69.2 Å². The Labute approximate surface area is 524 Å². The van der Waals surface area contributed by atoms with Crippen molar-refractivity contribution in [1.29, 1.82) is 0 Å². The van der Waals surface area contributed by atoms with Gasteiger partial charge in [0.15, 0.2) is 0 Å². The molecule has 5 rings (SSSR count). The van der Waals surface area contributed by atoms with E-state index in [0.29, 0.717) is 48.3 Å². The van der Waals surface area contributed by atoms with Crippen molar-refractivity contribution in [3.05, 3.63) is 0 Å². The monoisotopic (exact) mass is 1170 g/mol. The number of nitrogens with zero attached hydrogens (tertiary/aromatic N) is 10. The van der Waals surface area contributed by atoms with Gasteiger partial charge >= 0.3 is 0 Å². The first-order valence-corrected chi connectivity index (χ1v) is 36.2. The number of rotatable bonds is 25. The van der Waals surface area contributed by atoms with E-state index < -0.39 is 0 Å². The Kier molecular flexibility index (Phi) is 42.1. The van der Waals surface area contributed by atoms with Crippen molar-refractivity contribution in [2.75, 3.05) is 111 Å². The summed E-state index contributed by atoms with van der Waals surface area (Å²) in [5, 5.41) is 0. The molecule has 5 fully saturated rings. The second-order valence-corrected chi connectivity index (χ2v) is 31.6. The highest BCUT2D eigenvalue weighted by Crippen LogP contribution is 2.23. The van der Waals surface area contributed by atoms with Gasteiger partial charge in [0.25, 0.3) is 0 Å². The van der Waals surface area contributed by atoms with Gasteiger partial charge in [0, 0.05) is 157 Å². The van der Waals surface area contributed by atoms with E-state index in [1.807, 2.05) is 0 Å². The number of hydrogen-bond donors (Lipinski definition) is 0. The summed E-state index contributed by atoms with van der Waals surface area (Å²) in [5.74, 6) is 4.25. The van der Waals surface area contributed by atoms with Crippen LogP contribution in [0.4, 0.5) is 0 Å². The fourth-order valence-corrected chi connectivity index (χ4v) is 14.1. The van der Waals surface area contributed by atoms with Gasteiger partial charge in [-0.15, -0.1) is 0 Å². The van der Waals surface area contributed by atoms with Crippen LogP contribution in [0.25, 0.3) is 0 Å². The molecular formula is C73H156N10. The molecule has 0 amide bonds. The SMILES string of the molecule is CC(C)CCCN1CCN(C(C)C)CC1.CC(C)CCCN1C[C@@H](C)N(C(C)C)C[C@@H]1C.CC(C)CCCN1C[C@@H](C)N(C(C)C)C[C@H]1C.CC(C)CCCN1C[C@H](C)N(C(C)C)C[C@@H]1C.CC(C)CCCN1C[C@H](C)N(C(C)C)C[C@H]1C. The van der Waals surface area contributed by atoms with Gasteiger partial charge in [0.1, 0.15) is 0 Å². The largest absolute Gasteiger partial charge is 0.301 e. The van der Waals surface area contributed by atoms with Crippen LogP contribution in [0.2, 0.25) is 0 Å². The molecule has 83 heavy (non-hydrogen) atoms. The summed E-state index contributed by atoms with van der Waals surface area (Å²) in [5.41, 5.74) is 0. The average molecular weight is 1170 g/mol. The molecule has 5 heterocycles. The van der Waals surface area contributed by atoms with E-state index in [0.717, 1.165) is 59.8 Å². The van der Waals surface area contributed by atoms with Crippen molar-refractivity contribution in [2.24, 2.45) is 29.6 Å². The molecule has 0 aliphatic carbocycles. The van der Waals surface area contributed by atoms with Gasteiger partial charge < -0.3 is 4.90 Å². The lowest BCUT2D eigenvalue weighted by Crippen LogP contribution is -2.58. The van der Waals surface area contributed by atoms with E-state index >= 15 is 0 Å². The highest BCUT2D eigenvalue weighted by molar-refractivity contribution is 4.90. The van der Waals surface area contributed by atoms with Crippen molar-refractivity contribution in [1.82, 2.24) is 49.0 Å². The van der Waals surface area contributed by atoms with Gasteiger partial charge in [-0.3, -0.25) is 44.1 Å². The van der Waals surface area contributed by atoms with Crippen molar-refractivity contribution in [2.45, 2.75) is 337 Å².